The highest BCUT2D eigenvalue weighted by Crippen LogP contribution is 2.40. The summed E-state index contributed by atoms with van der Waals surface area (Å²) in [5.74, 6) is 0.910. The number of carbonyl (C=O) groups excluding carboxylic acids is 1. The maximum absolute atomic E-state index is 13.4. The fourth-order valence-corrected chi connectivity index (χ4v) is 6.15. The number of methoxy groups -OCH3 is 1. The minimum Gasteiger partial charge on any atom is -0.495 e. The summed E-state index contributed by atoms with van der Waals surface area (Å²) in [7, 11) is 1.73. The van der Waals surface area contributed by atoms with E-state index in [4.69, 9.17) is 16.3 Å². The topological polar surface area (TPSA) is 34.5 Å². The number of carbonyl (C=O) groups is 1. The van der Waals surface area contributed by atoms with Crippen LogP contribution in [0, 0.1) is 11.7 Å². The molecule has 2 saturated heterocycles. The zero-order valence-corrected chi connectivity index (χ0v) is 19.7. The van der Waals surface area contributed by atoms with Gasteiger partial charge in [-0.05, 0) is 68.4 Å². The third-order valence-electron chi connectivity index (χ3n) is 7.48. The zero-order valence-electron chi connectivity index (χ0n) is 19.0. The van der Waals surface area contributed by atoms with Crippen LogP contribution in [-0.4, -0.2) is 41.0 Å². The average Bonchev–Trinajstić information content (AvgIpc) is 3.33. The van der Waals surface area contributed by atoms with Crippen molar-refractivity contribution in [2.45, 2.75) is 57.2 Å². The van der Waals surface area contributed by atoms with Crippen molar-refractivity contribution in [2.24, 2.45) is 5.92 Å². The molecule has 2 aromatic carbocycles. The second-order valence-corrected chi connectivity index (χ2v) is 9.88. The summed E-state index contributed by atoms with van der Waals surface area (Å²) < 4.78 is 21.3. The van der Waals surface area contributed by atoms with Crippen molar-refractivity contribution in [2.75, 3.05) is 13.7 Å². The number of Topliss-reactive ketones (excluding diaryl/α,β-unsaturated/α-hetero) is 1. The lowest BCUT2D eigenvalue weighted by Crippen LogP contribution is -2.43. The molecule has 2 unspecified atom stereocenters. The molecule has 2 aliphatic heterocycles. The molecule has 33 heavy (non-hydrogen) atoms. The number of nitrogens with zero attached hydrogens (tertiary/aromatic N) is 2. The van der Waals surface area contributed by atoms with Gasteiger partial charge in [0.05, 0.1) is 17.6 Å². The molecule has 2 atom stereocenters. The van der Waals surface area contributed by atoms with E-state index in [-0.39, 0.29) is 10.8 Å². The summed E-state index contributed by atoms with van der Waals surface area (Å²) >= 11 is 5.87. The van der Waals surface area contributed by atoms with E-state index < -0.39 is 5.82 Å². The second kappa shape index (κ2) is 9.47. The molecule has 2 bridgehead atoms. The second-order valence-electron chi connectivity index (χ2n) is 9.48. The van der Waals surface area contributed by atoms with Gasteiger partial charge in [0.2, 0.25) is 0 Å². The van der Waals surface area contributed by atoms with Gasteiger partial charge < -0.3 is 9.30 Å². The van der Waals surface area contributed by atoms with Crippen LogP contribution in [0.3, 0.4) is 0 Å². The average molecular weight is 469 g/mol. The van der Waals surface area contributed by atoms with Crippen LogP contribution in [0.2, 0.25) is 5.02 Å². The highest BCUT2D eigenvalue weighted by Gasteiger charge is 2.40. The third kappa shape index (κ3) is 4.53. The molecule has 1 aromatic heterocycles. The first-order valence-electron chi connectivity index (χ1n) is 11.9. The Morgan fingerprint density at radius 3 is 2.64 bits per heavy atom. The first kappa shape index (κ1) is 22.4. The van der Waals surface area contributed by atoms with E-state index in [1.165, 1.54) is 35.9 Å². The van der Waals surface area contributed by atoms with Crippen molar-refractivity contribution < 1.29 is 13.9 Å². The van der Waals surface area contributed by atoms with Gasteiger partial charge in [0.15, 0.2) is 5.78 Å². The molecule has 3 aromatic rings. The monoisotopic (exact) mass is 468 g/mol. The zero-order chi connectivity index (χ0) is 22.9. The lowest BCUT2D eigenvalue weighted by Gasteiger charge is -2.39. The number of ether oxygens (including phenoxy) is 1. The summed E-state index contributed by atoms with van der Waals surface area (Å²) in [5.41, 5.74) is 1.69. The molecule has 2 aliphatic rings. The standard InChI is InChI=1S/C27H30ClFN2O2/c1-33-26-5-2-4-19-10-13-30(27(19)26)11-3-12-31-21-7-8-22(31)15-18(14-21)16-25(32)20-6-9-24(29)23(28)17-20/h2,4-6,9-10,13,17-18,21-22H,3,7-8,11-12,14-16H2,1H3. The Bertz CT molecular complexity index is 1150. The van der Waals surface area contributed by atoms with E-state index in [1.54, 1.807) is 13.2 Å². The summed E-state index contributed by atoms with van der Waals surface area (Å²) in [6.45, 7) is 2.05. The van der Waals surface area contributed by atoms with Crippen LogP contribution in [0.1, 0.15) is 48.9 Å². The van der Waals surface area contributed by atoms with Crippen molar-refractivity contribution >= 4 is 28.3 Å². The highest BCUT2D eigenvalue weighted by atomic mass is 35.5. The fourth-order valence-electron chi connectivity index (χ4n) is 5.97. The van der Waals surface area contributed by atoms with Gasteiger partial charge >= 0.3 is 0 Å². The molecule has 0 N–H and O–H groups in total. The van der Waals surface area contributed by atoms with Crippen LogP contribution in [0.5, 0.6) is 5.75 Å². The molecular weight excluding hydrogens is 439 g/mol. The number of para-hydroxylation sites is 1. The number of hydrogen-bond donors (Lipinski definition) is 0. The molecule has 0 spiro atoms. The Balaban J connectivity index is 1.17. The van der Waals surface area contributed by atoms with E-state index in [2.05, 4.69) is 27.8 Å². The number of piperidine rings is 1. The minimum atomic E-state index is -0.481. The van der Waals surface area contributed by atoms with Crippen LogP contribution in [-0.2, 0) is 6.54 Å². The molecule has 5 rings (SSSR count). The predicted molar refractivity (Wildman–Crippen MR) is 130 cm³/mol. The van der Waals surface area contributed by atoms with Crippen molar-refractivity contribution in [3.8, 4) is 5.75 Å². The SMILES string of the molecule is COc1cccc2ccn(CCCN3C4CCC3CC(CC(=O)c3ccc(F)c(Cl)c3)C4)c12. The molecule has 4 nitrogen and oxygen atoms in total. The number of halogens is 2. The van der Waals surface area contributed by atoms with E-state index in [0.29, 0.717) is 30.0 Å². The lowest BCUT2D eigenvalue weighted by molar-refractivity contribution is 0.0807. The fraction of sp³-hybridized carbons (Fsp3) is 0.444. The van der Waals surface area contributed by atoms with Gasteiger partial charge in [-0.15, -0.1) is 0 Å². The maximum atomic E-state index is 13.4. The van der Waals surface area contributed by atoms with Crippen LogP contribution < -0.4 is 4.74 Å². The van der Waals surface area contributed by atoms with E-state index >= 15 is 0 Å². The first-order valence-corrected chi connectivity index (χ1v) is 12.3. The summed E-state index contributed by atoms with van der Waals surface area (Å²) in [5, 5.41) is 1.23. The molecule has 174 valence electrons. The number of aromatic nitrogens is 1. The molecule has 0 aliphatic carbocycles. The quantitative estimate of drug-likeness (QED) is 0.361. The number of fused-ring (bicyclic) bond motifs is 3. The Labute approximate surface area is 199 Å². The minimum absolute atomic E-state index is 0.0174. The predicted octanol–water partition coefficient (Wildman–Crippen LogP) is 6.35. The lowest BCUT2D eigenvalue weighted by atomic mass is 9.85. The van der Waals surface area contributed by atoms with Crippen LogP contribution in [0.4, 0.5) is 4.39 Å². The normalized spacial score (nSPS) is 22.7. The van der Waals surface area contributed by atoms with Gasteiger partial charge in [-0.25, -0.2) is 4.39 Å². The molecular formula is C27H30ClFN2O2. The molecule has 0 amide bonds. The highest BCUT2D eigenvalue weighted by molar-refractivity contribution is 6.31. The van der Waals surface area contributed by atoms with E-state index in [1.807, 2.05) is 12.1 Å². The van der Waals surface area contributed by atoms with Gasteiger partial charge in [-0.1, -0.05) is 23.7 Å². The Hall–Kier alpha value is -2.37. The smallest absolute Gasteiger partial charge is 0.163 e. The van der Waals surface area contributed by atoms with Crippen molar-refractivity contribution in [1.82, 2.24) is 9.47 Å². The van der Waals surface area contributed by atoms with Crippen LogP contribution >= 0.6 is 11.6 Å². The largest absolute Gasteiger partial charge is 0.495 e. The van der Waals surface area contributed by atoms with Crippen molar-refractivity contribution in [1.29, 1.82) is 0 Å². The summed E-state index contributed by atoms with van der Waals surface area (Å²) in [4.78, 5) is 15.4. The molecule has 6 heteroatoms. The van der Waals surface area contributed by atoms with Gasteiger partial charge in [-0.2, -0.15) is 0 Å². The van der Waals surface area contributed by atoms with E-state index in [0.717, 1.165) is 38.1 Å². The summed E-state index contributed by atoms with van der Waals surface area (Å²) in [6.07, 6.45) is 8.34. The number of aryl methyl sites for hydroxylation is 1. The Morgan fingerprint density at radius 2 is 1.91 bits per heavy atom. The molecule has 2 fully saturated rings. The Kier molecular flexibility index (Phi) is 6.44. The maximum Gasteiger partial charge on any atom is 0.163 e. The number of benzene rings is 2. The molecule has 0 saturated carbocycles. The summed E-state index contributed by atoms with van der Waals surface area (Å²) in [6, 6.07) is 13.7. The first-order chi connectivity index (χ1) is 16.0. The van der Waals surface area contributed by atoms with Gasteiger partial charge in [0.25, 0.3) is 0 Å². The van der Waals surface area contributed by atoms with Gasteiger partial charge in [-0.3, -0.25) is 9.69 Å². The Morgan fingerprint density at radius 1 is 1.12 bits per heavy atom. The van der Waals surface area contributed by atoms with Crippen molar-refractivity contribution in [3.63, 3.8) is 0 Å². The van der Waals surface area contributed by atoms with Crippen molar-refractivity contribution in [3.05, 3.63) is 65.1 Å². The third-order valence-corrected chi connectivity index (χ3v) is 7.77. The number of ketones is 1. The molecule has 0 radical (unpaired) electrons. The van der Waals surface area contributed by atoms with Gasteiger partial charge in [0, 0.05) is 48.7 Å². The van der Waals surface area contributed by atoms with E-state index in [9.17, 15) is 9.18 Å². The number of rotatable bonds is 8. The molecule has 3 heterocycles. The van der Waals surface area contributed by atoms with Gasteiger partial charge in [0.1, 0.15) is 11.6 Å². The van der Waals surface area contributed by atoms with Crippen LogP contribution in [0.15, 0.2) is 48.7 Å². The van der Waals surface area contributed by atoms with Crippen LogP contribution in [0.25, 0.3) is 10.9 Å². The number of hydrogen-bond acceptors (Lipinski definition) is 3.